The third kappa shape index (κ3) is 2.02. The van der Waals surface area contributed by atoms with Gasteiger partial charge in [-0.1, -0.05) is 0 Å². The van der Waals surface area contributed by atoms with Crippen LogP contribution >= 0.6 is 0 Å². The van der Waals surface area contributed by atoms with Gasteiger partial charge in [-0.2, -0.15) is 10.4 Å². The molecule has 0 N–H and O–H groups in total. The Labute approximate surface area is 109 Å². The van der Waals surface area contributed by atoms with Gasteiger partial charge in [-0.15, -0.1) is 0 Å². The number of nitrogens with zero attached hydrogens (tertiary/aromatic N) is 6. The van der Waals surface area contributed by atoms with Crippen LogP contribution in [0.25, 0.3) is 11.0 Å². The quantitative estimate of drug-likeness (QED) is 0.687. The molecule has 0 saturated carbocycles. The van der Waals surface area contributed by atoms with E-state index in [2.05, 4.69) is 26.1 Å². The minimum atomic E-state index is 0.385. The fourth-order valence-corrected chi connectivity index (χ4v) is 1.88. The molecule has 0 aliphatic carbocycles. The van der Waals surface area contributed by atoms with Gasteiger partial charge in [0.1, 0.15) is 11.9 Å². The number of hydrogen-bond donors (Lipinski definition) is 0. The predicted octanol–water partition coefficient (Wildman–Crippen LogP) is 1.45. The molecule has 19 heavy (non-hydrogen) atoms. The van der Waals surface area contributed by atoms with E-state index in [-0.39, 0.29) is 0 Å². The largest absolute Gasteiger partial charge is 0.241 e. The number of hydrogen-bond acceptors (Lipinski definition) is 5. The van der Waals surface area contributed by atoms with Crippen molar-refractivity contribution in [3.63, 3.8) is 0 Å². The van der Waals surface area contributed by atoms with E-state index in [1.807, 2.05) is 13.0 Å². The van der Waals surface area contributed by atoms with E-state index in [1.54, 1.807) is 29.3 Å². The highest BCUT2D eigenvalue weighted by atomic mass is 15.3. The Morgan fingerprint density at radius 3 is 2.79 bits per heavy atom. The van der Waals surface area contributed by atoms with Crippen LogP contribution in [0.2, 0.25) is 0 Å². The van der Waals surface area contributed by atoms with Crippen molar-refractivity contribution in [1.29, 1.82) is 5.26 Å². The normalized spacial score (nSPS) is 10.5. The highest BCUT2D eigenvalue weighted by Gasteiger charge is 2.11. The molecule has 6 nitrogen and oxygen atoms in total. The summed E-state index contributed by atoms with van der Waals surface area (Å²) in [7, 11) is 0. The van der Waals surface area contributed by atoms with Crippen LogP contribution in [0.5, 0.6) is 0 Å². The first-order chi connectivity index (χ1) is 9.28. The number of aryl methyl sites for hydroxylation is 1. The Morgan fingerprint density at radius 2 is 2.05 bits per heavy atom. The first-order valence-corrected chi connectivity index (χ1v) is 5.77. The number of aromatic nitrogens is 5. The Kier molecular flexibility index (Phi) is 2.65. The summed E-state index contributed by atoms with van der Waals surface area (Å²) in [5.41, 5.74) is 2.00. The summed E-state index contributed by atoms with van der Waals surface area (Å²) in [6, 6.07) is 5.72. The first-order valence-electron chi connectivity index (χ1n) is 5.77. The van der Waals surface area contributed by atoms with Crippen molar-refractivity contribution in [2.24, 2.45) is 0 Å². The molecular formula is C13H10N6. The molecule has 0 atom stereocenters. The van der Waals surface area contributed by atoms with Crippen LogP contribution in [0.15, 0.2) is 30.7 Å². The van der Waals surface area contributed by atoms with E-state index in [1.165, 1.54) is 0 Å². The van der Waals surface area contributed by atoms with E-state index >= 15 is 0 Å². The lowest BCUT2D eigenvalue weighted by Gasteiger charge is -2.02. The topological polar surface area (TPSA) is 80.3 Å². The number of rotatable bonds is 2. The van der Waals surface area contributed by atoms with Crippen molar-refractivity contribution >= 4 is 11.0 Å². The fourth-order valence-electron chi connectivity index (χ4n) is 1.88. The fraction of sp³-hybridized carbons (Fsp3) is 0.154. The summed E-state index contributed by atoms with van der Waals surface area (Å²) in [5, 5.41) is 14.1. The number of fused-ring (bicyclic) bond motifs is 1. The van der Waals surface area contributed by atoms with Crippen LogP contribution in [-0.4, -0.2) is 24.7 Å². The van der Waals surface area contributed by atoms with Crippen molar-refractivity contribution in [1.82, 2.24) is 24.7 Å². The first kappa shape index (κ1) is 11.3. The molecule has 0 amide bonds. The summed E-state index contributed by atoms with van der Waals surface area (Å²) in [5.74, 6) is 0.727. The Morgan fingerprint density at radius 1 is 1.26 bits per heavy atom. The van der Waals surface area contributed by atoms with Gasteiger partial charge in [-0.3, -0.25) is 0 Å². The maximum atomic E-state index is 9.07. The smallest absolute Gasteiger partial charge is 0.172 e. The second kappa shape index (κ2) is 4.46. The molecule has 0 unspecified atom stereocenters. The third-order valence-electron chi connectivity index (χ3n) is 2.78. The average Bonchev–Trinajstić information content (AvgIpc) is 2.80. The number of pyridine rings is 1. The van der Waals surface area contributed by atoms with E-state index in [9.17, 15) is 0 Å². The molecule has 0 saturated heterocycles. The van der Waals surface area contributed by atoms with Crippen LogP contribution in [0, 0.1) is 18.3 Å². The second-order valence-electron chi connectivity index (χ2n) is 4.13. The van der Waals surface area contributed by atoms with Crippen molar-refractivity contribution in [2.45, 2.75) is 13.5 Å². The predicted molar refractivity (Wildman–Crippen MR) is 68.1 cm³/mol. The van der Waals surface area contributed by atoms with Gasteiger partial charge >= 0.3 is 0 Å². The summed E-state index contributed by atoms with van der Waals surface area (Å²) >= 11 is 0. The Hall–Kier alpha value is -2.81. The summed E-state index contributed by atoms with van der Waals surface area (Å²) in [6.45, 7) is 2.33. The van der Waals surface area contributed by atoms with Crippen molar-refractivity contribution in [2.75, 3.05) is 0 Å². The standard InChI is InChI=1S/C13H10N6/c1-9-16-6-10(7-17-9)8-19-13-11(3-2-4-15-13)12(5-14)18-19/h2-4,6-7H,8H2,1H3. The molecule has 3 heterocycles. The summed E-state index contributed by atoms with van der Waals surface area (Å²) < 4.78 is 1.70. The molecule has 0 spiro atoms. The van der Waals surface area contributed by atoms with Gasteiger partial charge < -0.3 is 0 Å². The van der Waals surface area contributed by atoms with Gasteiger partial charge in [0.15, 0.2) is 11.3 Å². The maximum absolute atomic E-state index is 9.07. The van der Waals surface area contributed by atoms with Gasteiger partial charge in [0.2, 0.25) is 0 Å². The minimum absolute atomic E-state index is 0.385. The lowest BCUT2D eigenvalue weighted by Crippen LogP contribution is -2.04. The van der Waals surface area contributed by atoms with Crippen LogP contribution in [-0.2, 0) is 6.54 Å². The van der Waals surface area contributed by atoms with Gasteiger partial charge in [-0.25, -0.2) is 19.6 Å². The van der Waals surface area contributed by atoms with Crippen molar-refractivity contribution < 1.29 is 0 Å². The molecule has 0 aromatic carbocycles. The van der Waals surface area contributed by atoms with Crippen molar-refractivity contribution in [3.8, 4) is 6.07 Å². The Bertz CT molecular complexity index is 766. The molecule has 6 heteroatoms. The van der Waals surface area contributed by atoms with E-state index in [0.717, 1.165) is 16.8 Å². The monoisotopic (exact) mass is 250 g/mol. The minimum Gasteiger partial charge on any atom is -0.241 e. The molecule has 0 aliphatic rings. The van der Waals surface area contributed by atoms with Gasteiger partial charge in [-0.05, 0) is 19.1 Å². The number of nitriles is 1. The SMILES string of the molecule is Cc1ncc(Cn2nc(C#N)c3cccnc32)cn1. The zero-order valence-corrected chi connectivity index (χ0v) is 10.3. The van der Waals surface area contributed by atoms with Gasteiger partial charge in [0, 0.05) is 24.2 Å². The molecule has 3 aromatic heterocycles. The zero-order valence-electron chi connectivity index (χ0n) is 10.3. The maximum Gasteiger partial charge on any atom is 0.172 e. The highest BCUT2D eigenvalue weighted by molar-refractivity contribution is 5.80. The molecule has 3 rings (SSSR count). The van der Waals surface area contributed by atoms with E-state index < -0.39 is 0 Å². The molecule has 92 valence electrons. The summed E-state index contributed by atoms with van der Waals surface area (Å²) in [6.07, 6.45) is 5.20. The molecular weight excluding hydrogens is 240 g/mol. The zero-order chi connectivity index (χ0) is 13.2. The van der Waals surface area contributed by atoms with Gasteiger partial charge in [0.25, 0.3) is 0 Å². The van der Waals surface area contributed by atoms with Crippen molar-refractivity contribution in [3.05, 3.63) is 47.8 Å². The van der Waals surface area contributed by atoms with E-state index in [4.69, 9.17) is 5.26 Å². The molecule has 0 aliphatic heterocycles. The third-order valence-corrected chi connectivity index (χ3v) is 2.78. The summed E-state index contributed by atoms with van der Waals surface area (Å²) in [4.78, 5) is 12.6. The lowest BCUT2D eigenvalue weighted by atomic mass is 10.3. The average molecular weight is 250 g/mol. The molecule has 3 aromatic rings. The molecule has 0 fully saturated rings. The second-order valence-corrected chi connectivity index (χ2v) is 4.13. The van der Waals surface area contributed by atoms with Crippen LogP contribution in [0.3, 0.4) is 0 Å². The van der Waals surface area contributed by atoms with Gasteiger partial charge in [0.05, 0.1) is 11.9 Å². The van der Waals surface area contributed by atoms with E-state index in [0.29, 0.717) is 17.9 Å². The molecule has 0 radical (unpaired) electrons. The highest BCUT2D eigenvalue weighted by Crippen LogP contribution is 2.16. The Balaban J connectivity index is 2.06. The lowest BCUT2D eigenvalue weighted by molar-refractivity contribution is 0.694. The van der Waals surface area contributed by atoms with Crippen LogP contribution < -0.4 is 0 Å². The van der Waals surface area contributed by atoms with Crippen LogP contribution in [0.1, 0.15) is 17.1 Å². The molecule has 0 bridgehead atoms. The van der Waals surface area contributed by atoms with Crippen LogP contribution in [0.4, 0.5) is 0 Å².